The molecule has 0 spiro atoms. The van der Waals surface area contributed by atoms with Crippen LogP contribution in [-0.2, 0) is 21.7 Å². The van der Waals surface area contributed by atoms with Gasteiger partial charge in [0.1, 0.15) is 6.54 Å². The molecular formula is C17H20ClN3O3. The lowest BCUT2D eigenvalue weighted by molar-refractivity contribution is -0.148. The molecule has 2 rings (SSSR count). The van der Waals surface area contributed by atoms with E-state index in [2.05, 4.69) is 10.4 Å². The van der Waals surface area contributed by atoms with E-state index < -0.39 is 17.4 Å². The Morgan fingerprint density at radius 3 is 2.38 bits per heavy atom. The van der Waals surface area contributed by atoms with E-state index in [-0.39, 0.29) is 13.0 Å². The molecule has 0 saturated heterocycles. The maximum atomic E-state index is 12.5. The SMILES string of the molecule is CCC(NC(=O)Cn1nc(C)c(Cl)c1C)(C(=O)O)c1ccccc1. The molecule has 0 aliphatic rings. The van der Waals surface area contributed by atoms with Crippen LogP contribution in [0.1, 0.15) is 30.3 Å². The van der Waals surface area contributed by atoms with Gasteiger partial charge in [0.25, 0.3) is 0 Å². The van der Waals surface area contributed by atoms with Crippen molar-refractivity contribution < 1.29 is 14.7 Å². The Morgan fingerprint density at radius 2 is 1.92 bits per heavy atom. The minimum Gasteiger partial charge on any atom is -0.479 e. The van der Waals surface area contributed by atoms with E-state index in [9.17, 15) is 14.7 Å². The number of hydrogen-bond donors (Lipinski definition) is 2. The first kappa shape index (κ1) is 18.0. The van der Waals surface area contributed by atoms with E-state index in [1.165, 1.54) is 4.68 Å². The molecule has 6 nitrogen and oxygen atoms in total. The number of nitrogens with zero attached hydrogens (tertiary/aromatic N) is 2. The highest BCUT2D eigenvalue weighted by Gasteiger charge is 2.40. The predicted molar refractivity (Wildman–Crippen MR) is 90.9 cm³/mol. The van der Waals surface area contributed by atoms with Crippen molar-refractivity contribution >= 4 is 23.5 Å². The molecule has 0 aliphatic heterocycles. The molecule has 7 heteroatoms. The number of carboxylic acid groups (broad SMARTS) is 1. The van der Waals surface area contributed by atoms with Gasteiger partial charge in [-0.15, -0.1) is 0 Å². The van der Waals surface area contributed by atoms with Gasteiger partial charge in [-0.3, -0.25) is 9.48 Å². The van der Waals surface area contributed by atoms with Crippen LogP contribution in [0.2, 0.25) is 5.02 Å². The van der Waals surface area contributed by atoms with Crippen molar-refractivity contribution in [2.24, 2.45) is 0 Å². The zero-order valence-corrected chi connectivity index (χ0v) is 14.6. The molecule has 0 saturated carbocycles. The van der Waals surface area contributed by atoms with Crippen molar-refractivity contribution in [2.45, 2.75) is 39.3 Å². The van der Waals surface area contributed by atoms with E-state index in [1.54, 1.807) is 51.1 Å². The Labute approximate surface area is 145 Å². The number of rotatable bonds is 6. The Bertz CT molecular complexity index is 758. The van der Waals surface area contributed by atoms with Crippen LogP contribution in [0.5, 0.6) is 0 Å². The average molecular weight is 350 g/mol. The van der Waals surface area contributed by atoms with Gasteiger partial charge >= 0.3 is 5.97 Å². The van der Waals surface area contributed by atoms with Gasteiger partial charge in [-0.25, -0.2) is 4.79 Å². The quantitative estimate of drug-likeness (QED) is 0.839. The normalized spacial score (nSPS) is 13.3. The number of aromatic nitrogens is 2. The maximum Gasteiger partial charge on any atom is 0.334 e. The minimum atomic E-state index is -1.47. The van der Waals surface area contributed by atoms with Gasteiger partial charge in [-0.1, -0.05) is 48.9 Å². The molecule has 1 atom stereocenters. The Hall–Kier alpha value is -2.34. The molecule has 1 heterocycles. The Balaban J connectivity index is 2.28. The standard InChI is InChI=1S/C17H20ClN3O3/c1-4-17(16(23)24,13-8-6-5-7-9-13)19-14(22)10-21-12(3)15(18)11(2)20-21/h5-9H,4,10H2,1-3H3,(H,19,22)(H,23,24). The summed E-state index contributed by atoms with van der Waals surface area (Å²) < 4.78 is 1.47. The number of carbonyl (C=O) groups is 2. The highest BCUT2D eigenvalue weighted by Crippen LogP contribution is 2.26. The van der Waals surface area contributed by atoms with Gasteiger partial charge in [-0.2, -0.15) is 5.10 Å². The molecule has 1 aromatic carbocycles. The fourth-order valence-electron chi connectivity index (χ4n) is 2.66. The lowest BCUT2D eigenvalue weighted by Gasteiger charge is -2.30. The Morgan fingerprint density at radius 1 is 1.29 bits per heavy atom. The summed E-state index contributed by atoms with van der Waals surface area (Å²) in [5.41, 5.74) is 0.351. The predicted octanol–water partition coefficient (Wildman–Crippen LogP) is 2.66. The molecule has 0 aliphatic carbocycles. The van der Waals surface area contributed by atoms with Gasteiger partial charge in [0, 0.05) is 0 Å². The number of aliphatic carboxylic acids is 1. The third kappa shape index (κ3) is 3.28. The van der Waals surface area contributed by atoms with E-state index in [0.717, 1.165) is 0 Å². The van der Waals surface area contributed by atoms with Crippen molar-refractivity contribution in [3.63, 3.8) is 0 Å². The van der Waals surface area contributed by atoms with Crippen LogP contribution in [0, 0.1) is 13.8 Å². The number of hydrogen-bond acceptors (Lipinski definition) is 3. The molecule has 128 valence electrons. The molecule has 2 N–H and O–H groups in total. The molecule has 1 aromatic heterocycles. The monoisotopic (exact) mass is 349 g/mol. The number of benzene rings is 1. The van der Waals surface area contributed by atoms with Crippen LogP contribution in [-0.4, -0.2) is 26.8 Å². The highest BCUT2D eigenvalue weighted by molar-refractivity contribution is 6.31. The molecule has 24 heavy (non-hydrogen) atoms. The van der Waals surface area contributed by atoms with Crippen molar-refractivity contribution in [3.05, 3.63) is 52.3 Å². The van der Waals surface area contributed by atoms with Crippen molar-refractivity contribution in [1.82, 2.24) is 15.1 Å². The fraction of sp³-hybridized carbons (Fsp3) is 0.353. The summed E-state index contributed by atoms with van der Waals surface area (Å²) >= 11 is 6.08. The number of carboxylic acids is 1. The highest BCUT2D eigenvalue weighted by atomic mass is 35.5. The number of carbonyl (C=O) groups excluding carboxylic acids is 1. The lowest BCUT2D eigenvalue weighted by atomic mass is 9.87. The summed E-state index contributed by atoms with van der Waals surface area (Å²) in [7, 11) is 0. The first-order chi connectivity index (χ1) is 11.3. The zero-order chi connectivity index (χ0) is 17.9. The van der Waals surface area contributed by atoms with E-state index in [4.69, 9.17) is 11.6 Å². The smallest absolute Gasteiger partial charge is 0.334 e. The third-order valence-corrected chi connectivity index (χ3v) is 4.65. The van der Waals surface area contributed by atoms with Gasteiger partial charge in [0.05, 0.1) is 16.4 Å². The van der Waals surface area contributed by atoms with Crippen LogP contribution < -0.4 is 5.32 Å². The first-order valence-electron chi connectivity index (χ1n) is 7.61. The molecule has 0 bridgehead atoms. The molecule has 0 radical (unpaired) electrons. The average Bonchev–Trinajstić information content (AvgIpc) is 2.80. The van der Waals surface area contributed by atoms with Crippen LogP contribution >= 0.6 is 11.6 Å². The van der Waals surface area contributed by atoms with E-state index in [1.807, 2.05) is 0 Å². The van der Waals surface area contributed by atoms with Crippen LogP contribution in [0.15, 0.2) is 30.3 Å². The largest absolute Gasteiger partial charge is 0.479 e. The van der Waals surface area contributed by atoms with Crippen LogP contribution in [0.25, 0.3) is 0 Å². The second-order valence-electron chi connectivity index (χ2n) is 5.62. The van der Waals surface area contributed by atoms with Gasteiger partial charge in [-0.05, 0) is 25.8 Å². The second-order valence-corrected chi connectivity index (χ2v) is 6.00. The van der Waals surface area contributed by atoms with Crippen LogP contribution in [0.4, 0.5) is 0 Å². The Kier molecular flexibility index (Phi) is 5.29. The fourth-order valence-corrected chi connectivity index (χ4v) is 2.79. The molecule has 1 amide bonds. The lowest BCUT2D eigenvalue weighted by Crippen LogP contribution is -2.52. The van der Waals surface area contributed by atoms with E-state index in [0.29, 0.717) is 22.0 Å². The van der Waals surface area contributed by atoms with Crippen molar-refractivity contribution in [1.29, 1.82) is 0 Å². The van der Waals surface area contributed by atoms with Crippen LogP contribution in [0.3, 0.4) is 0 Å². The second kappa shape index (κ2) is 7.05. The number of nitrogens with one attached hydrogen (secondary N) is 1. The molecule has 2 aromatic rings. The number of amides is 1. The summed E-state index contributed by atoms with van der Waals surface area (Å²) in [5.74, 6) is -1.54. The van der Waals surface area contributed by atoms with E-state index >= 15 is 0 Å². The topological polar surface area (TPSA) is 84.2 Å². The molecule has 1 unspecified atom stereocenters. The summed E-state index contributed by atoms with van der Waals surface area (Å²) in [6.45, 7) is 5.14. The summed E-state index contributed by atoms with van der Waals surface area (Å²) in [6.07, 6.45) is 0.218. The molecular weight excluding hydrogens is 330 g/mol. The third-order valence-electron chi connectivity index (χ3n) is 4.10. The number of halogens is 1. The minimum absolute atomic E-state index is 0.0960. The van der Waals surface area contributed by atoms with Gasteiger partial charge in [0.15, 0.2) is 5.54 Å². The van der Waals surface area contributed by atoms with Crippen molar-refractivity contribution in [3.8, 4) is 0 Å². The van der Waals surface area contributed by atoms with Gasteiger partial charge < -0.3 is 10.4 Å². The number of aryl methyl sites for hydroxylation is 1. The van der Waals surface area contributed by atoms with Gasteiger partial charge in [0.2, 0.25) is 5.91 Å². The first-order valence-corrected chi connectivity index (χ1v) is 7.99. The molecule has 0 fully saturated rings. The zero-order valence-electron chi connectivity index (χ0n) is 13.8. The summed E-state index contributed by atoms with van der Waals surface area (Å²) in [4.78, 5) is 24.4. The van der Waals surface area contributed by atoms with Crippen molar-refractivity contribution in [2.75, 3.05) is 0 Å². The summed E-state index contributed by atoms with van der Waals surface area (Å²) in [5, 5.41) is 17.1. The maximum absolute atomic E-state index is 12.5. The summed E-state index contributed by atoms with van der Waals surface area (Å²) in [6, 6.07) is 8.67.